The molecule has 0 aliphatic carbocycles. The Kier molecular flexibility index (Phi) is 6.98. The number of rotatable bonds is 8. The van der Waals surface area contributed by atoms with Gasteiger partial charge in [0.25, 0.3) is 5.91 Å². The van der Waals surface area contributed by atoms with Gasteiger partial charge in [0.15, 0.2) is 9.84 Å². The van der Waals surface area contributed by atoms with Gasteiger partial charge in [-0.15, -0.1) is 0 Å². The molecule has 2 aromatic carbocycles. The Bertz CT molecular complexity index is 894. The van der Waals surface area contributed by atoms with Gasteiger partial charge in [-0.25, -0.2) is 8.42 Å². The van der Waals surface area contributed by atoms with Crippen LogP contribution in [0.2, 0.25) is 0 Å². The highest BCUT2D eigenvalue weighted by molar-refractivity contribution is 7.89. The van der Waals surface area contributed by atoms with Crippen molar-refractivity contribution < 1.29 is 17.9 Å². The summed E-state index contributed by atoms with van der Waals surface area (Å²) in [4.78, 5) is 14.6. The molecule has 1 amide bonds. The quantitative estimate of drug-likeness (QED) is 0.748. The minimum Gasteiger partial charge on any atom is -0.496 e. The molecule has 1 atom stereocenters. The Morgan fingerprint density at radius 1 is 1.15 bits per heavy atom. The Labute approximate surface area is 161 Å². The molecule has 27 heavy (non-hydrogen) atoms. The number of ether oxygens (including phenoxy) is 1. The second-order valence-electron chi connectivity index (χ2n) is 6.70. The van der Waals surface area contributed by atoms with Crippen molar-refractivity contribution in [2.24, 2.45) is 0 Å². The van der Waals surface area contributed by atoms with E-state index in [4.69, 9.17) is 4.74 Å². The number of methoxy groups -OCH3 is 1. The Morgan fingerprint density at radius 3 is 2.48 bits per heavy atom. The zero-order valence-corrected chi connectivity index (χ0v) is 16.9. The molecule has 7 heteroatoms. The average molecular weight is 391 g/mol. The lowest BCUT2D eigenvalue weighted by molar-refractivity contribution is 0.0941. The van der Waals surface area contributed by atoms with Gasteiger partial charge < -0.3 is 15.0 Å². The van der Waals surface area contributed by atoms with Gasteiger partial charge in [-0.2, -0.15) is 0 Å². The van der Waals surface area contributed by atoms with Crippen LogP contribution in [0.5, 0.6) is 5.75 Å². The van der Waals surface area contributed by atoms with Crippen molar-refractivity contribution in [3.05, 3.63) is 65.2 Å². The summed E-state index contributed by atoms with van der Waals surface area (Å²) in [7, 11) is 2.35. The number of benzene rings is 2. The number of hydrogen-bond donors (Lipinski definition) is 1. The van der Waals surface area contributed by atoms with Crippen LogP contribution in [0.25, 0.3) is 0 Å². The first-order valence-corrected chi connectivity index (χ1v) is 10.6. The fourth-order valence-corrected chi connectivity index (χ4v) is 3.69. The Hall–Kier alpha value is -2.38. The third kappa shape index (κ3) is 6.08. The molecule has 0 spiro atoms. The second kappa shape index (κ2) is 9.01. The van der Waals surface area contributed by atoms with Gasteiger partial charge in [-0.05, 0) is 37.9 Å². The first-order valence-electron chi connectivity index (χ1n) is 8.55. The number of amides is 1. The van der Waals surface area contributed by atoms with Crippen LogP contribution in [0.4, 0.5) is 0 Å². The molecule has 6 nitrogen and oxygen atoms in total. The van der Waals surface area contributed by atoms with Gasteiger partial charge in [-0.3, -0.25) is 4.79 Å². The van der Waals surface area contributed by atoms with E-state index >= 15 is 0 Å². The van der Waals surface area contributed by atoms with Crippen LogP contribution in [0.1, 0.15) is 27.5 Å². The average Bonchev–Trinajstić information content (AvgIpc) is 2.60. The molecule has 0 aliphatic rings. The van der Waals surface area contributed by atoms with Crippen molar-refractivity contribution in [2.45, 2.75) is 11.8 Å². The fraction of sp³-hybridized carbons (Fsp3) is 0.350. The standard InChI is InChI=1S/C20H26N2O4S/c1-22(2)18(17-10-5-6-11-19(17)26-3)13-21-20(23)16-9-7-8-15(12-16)14-27(4,24)25/h5-12,18H,13-14H2,1-4H3,(H,21,23). The van der Waals surface area contributed by atoms with Crippen LogP contribution >= 0.6 is 0 Å². The SMILES string of the molecule is COc1ccccc1C(CNC(=O)c1cccc(CS(C)(=O)=O)c1)N(C)C. The van der Waals surface area contributed by atoms with Gasteiger partial charge in [0, 0.05) is 23.9 Å². The van der Waals surface area contributed by atoms with Gasteiger partial charge in [0.05, 0.1) is 18.9 Å². The number of carbonyl (C=O) groups is 1. The topological polar surface area (TPSA) is 75.7 Å². The van der Waals surface area contributed by atoms with E-state index in [9.17, 15) is 13.2 Å². The summed E-state index contributed by atoms with van der Waals surface area (Å²) in [5, 5.41) is 2.93. The highest BCUT2D eigenvalue weighted by Gasteiger charge is 2.19. The molecular weight excluding hydrogens is 364 g/mol. The Balaban J connectivity index is 2.14. The summed E-state index contributed by atoms with van der Waals surface area (Å²) < 4.78 is 28.4. The van der Waals surface area contributed by atoms with Crippen LogP contribution in [0.3, 0.4) is 0 Å². The largest absolute Gasteiger partial charge is 0.496 e. The molecular formula is C20H26N2O4S. The number of likely N-dealkylation sites (N-methyl/N-ethyl adjacent to an activating group) is 1. The molecule has 0 fully saturated rings. The number of carbonyl (C=O) groups excluding carboxylic acids is 1. The molecule has 1 unspecified atom stereocenters. The highest BCUT2D eigenvalue weighted by Crippen LogP contribution is 2.27. The van der Waals surface area contributed by atoms with Crippen LogP contribution in [0.15, 0.2) is 48.5 Å². The van der Waals surface area contributed by atoms with E-state index in [0.717, 1.165) is 11.3 Å². The van der Waals surface area contributed by atoms with E-state index in [0.29, 0.717) is 17.7 Å². The smallest absolute Gasteiger partial charge is 0.251 e. The molecule has 0 saturated heterocycles. The first kappa shape index (κ1) is 20.9. The molecule has 0 aromatic heterocycles. The first-order chi connectivity index (χ1) is 12.7. The number of sulfone groups is 1. The second-order valence-corrected chi connectivity index (χ2v) is 8.84. The lowest BCUT2D eigenvalue weighted by atomic mass is 10.0. The summed E-state index contributed by atoms with van der Waals surface area (Å²) in [6, 6.07) is 14.3. The molecule has 1 N–H and O–H groups in total. The van der Waals surface area contributed by atoms with Crippen molar-refractivity contribution in [2.75, 3.05) is 34.0 Å². The summed E-state index contributed by atoms with van der Waals surface area (Å²) >= 11 is 0. The lowest BCUT2D eigenvalue weighted by Gasteiger charge is -2.26. The van der Waals surface area contributed by atoms with Gasteiger partial charge >= 0.3 is 0 Å². The van der Waals surface area contributed by atoms with E-state index in [-0.39, 0.29) is 17.7 Å². The molecule has 0 aliphatic heterocycles. The maximum absolute atomic E-state index is 12.6. The molecule has 2 rings (SSSR count). The lowest BCUT2D eigenvalue weighted by Crippen LogP contribution is -2.34. The molecule has 0 saturated carbocycles. The highest BCUT2D eigenvalue weighted by atomic mass is 32.2. The van der Waals surface area contributed by atoms with Crippen LogP contribution < -0.4 is 10.1 Å². The maximum Gasteiger partial charge on any atom is 0.251 e. The zero-order chi connectivity index (χ0) is 20.0. The van der Waals surface area contributed by atoms with Crippen LogP contribution in [0, 0.1) is 0 Å². The number of nitrogens with one attached hydrogen (secondary N) is 1. The molecule has 0 bridgehead atoms. The van der Waals surface area contributed by atoms with Crippen molar-refractivity contribution >= 4 is 15.7 Å². The van der Waals surface area contributed by atoms with E-state index in [1.807, 2.05) is 43.3 Å². The predicted octanol–water partition coefficient (Wildman–Crippen LogP) is 2.27. The summed E-state index contributed by atoms with van der Waals surface area (Å²) in [5.41, 5.74) is 2.02. The summed E-state index contributed by atoms with van der Waals surface area (Å²) in [6.45, 7) is 0.391. The van der Waals surface area contributed by atoms with E-state index < -0.39 is 9.84 Å². The molecule has 0 heterocycles. The fourth-order valence-electron chi connectivity index (χ4n) is 2.91. The summed E-state index contributed by atoms with van der Waals surface area (Å²) in [5.74, 6) is 0.433. The van der Waals surface area contributed by atoms with Gasteiger partial charge in [-0.1, -0.05) is 30.3 Å². The van der Waals surface area contributed by atoms with Crippen molar-refractivity contribution in [1.29, 1.82) is 0 Å². The van der Waals surface area contributed by atoms with E-state index in [1.54, 1.807) is 31.4 Å². The molecule has 2 aromatic rings. The third-order valence-corrected chi connectivity index (χ3v) is 5.05. The minimum atomic E-state index is -3.15. The zero-order valence-electron chi connectivity index (χ0n) is 16.1. The van der Waals surface area contributed by atoms with Gasteiger partial charge in [0.1, 0.15) is 5.75 Å². The van der Waals surface area contributed by atoms with E-state index in [2.05, 4.69) is 5.32 Å². The van der Waals surface area contributed by atoms with Gasteiger partial charge in [0.2, 0.25) is 0 Å². The number of para-hydroxylation sites is 1. The minimum absolute atomic E-state index is 0.0655. The Morgan fingerprint density at radius 2 is 1.85 bits per heavy atom. The van der Waals surface area contributed by atoms with Crippen molar-refractivity contribution in [3.63, 3.8) is 0 Å². The van der Waals surface area contributed by atoms with E-state index in [1.165, 1.54) is 6.26 Å². The third-order valence-electron chi connectivity index (χ3n) is 4.20. The number of nitrogens with zero attached hydrogens (tertiary/aromatic N) is 1. The molecule has 0 radical (unpaired) electrons. The van der Waals surface area contributed by atoms with Crippen LogP contribution in [-0.2, 0) is 15.6 Å². The van der Waals surface area contributed by atoms with Crippen molar-refractivity contribution in [1.82, 2.24) is 10.2 Å². The maximum atomic E-state index is 12.6. The normalized spacial score (nSPS) is 12.6. The summed E-state index contributed by atoms with van der Waals surface area (Å²) in [6.07, 6.45) is 1.18. The van der Waals surface area contributed by atoms with Crippen LogP contribution in [-0.4, -0.2) is 53.2 Å². The molecule has 146 valence electrons. The van der Waals surface area contributed by atoms with Crippen molar-refractivity contribution in [3.8, 4) is 5.75 Å². The number of hydrogen-bond acceptors (Lipinski definition) is 5. The predicted molar refractivity (Wildman–Crippen MR) is 107 cm³/mol. The monoisotopic (exact) mass is 390 g/mol.